The van der Waals surface area contributed by atoms with E-state index < -0.39 is 0 Å². The minimum atomic E-state index is -0.104. The van der Waals surface area contributed by atoms with Gasteiger partial charge in [-0.05, 0) is 30.5 Å². The van der Waals surface area contributed by atoms with Crippen molar-refractivity contribution >= 4 is 17.5 Å². The van der Waals surface area contributed by atoms with Gasteiger partial charge in [0.15, 0.2) is 0 Å². The zero-order valence-corrected chi connectivity index (χ0v) is 15.2. The highest BCUT2D eigenvalue weighted by molar-refractivity contribution is 5.93. The zero-order valence-electron chi connectivity index (χ0n) is 15.2. The lowest BCUT2D eigenvalue weighted by Crippen LogP contribution is -2.26. The predicted octanol–water partition coefficient (Wildman–Crippen LogP) is 4.11. The molecule has 0 atom stereocenters. The number of aryl methyl sites for hydroxylation is 2. The fraction of sp³-hybridized carbons (Fsp3) is 0.190. The van der Waals surface area contributed by atoms with E-state index in [0.29, 0.717) is 18.1 Å². The van der Waals surface area contributed by atoms with Crippen LogP contribution in [0.1, 0.15) is 27.0 Å². The molecule has 3 rings (SSSR count). The second kappa shape index (κ2) is 7.78. The van der Waals surface area contributed by atoms with Crippen molar-refractivity contribution < 1.29 is 4.79 Å². The lowest BCUT2D eigenvalue weighted by molar-refractivity contribution is 0.0784. The summed E-state index contributed by atoms with van der Waals surface area (Å²) in [5.41, 5.74) is 4.79. The number of amides is 1. The highest BCUT2D eigenvalue weighted by Gasteiger charge is 2.13. The monoisotopic (exact) mass is 346 g/mol. The lowest BCUT2D eigenvalue weighted by Gasteiger charge is -2.17. The third-order valence-corrected chi connectivity index (χ3v) is 4.23. The minimum absolute atomic E-state index is 0.104. The topological polar surface area (TPSA) is 58.1 Å². The van der Waals surface area contributed by atoms with Crippen LogP contribution in [0, 0.1) is 13.8 Å². The highest BCUT2D eigenvalue weighted by Crippen LogP contribution is 2.22. The summed E-state index contributed by atoms with van der Waals surface area (Å²) in [7, 11) is 1.78. The van der Waals surface area contributed by atoms with E-state index in [1.165, 1.54) is 0 Å². The molecule has 0 radical (unpaired) electrons. The van der Waals surface area contributed by atoms with E-state index in [1.54, 1.807) is 24.3 Å². The van der Waals surface area contributed by atoms with Crippen molar-refractivity contribution in [1.82, 2.24) is 14.9 Å². The largest absolute Gasteiger partial charge is 0.337 e. The number of benzene rings is 2. The molecule has 0 unspecified atom stereocenters. The number of para-hydroxylation sites is 1. The molecule has 0 saturated heterocycles. The Morgan fingerprint density at radius 3 is 2.19 bits per heavy atom. The van der Waals surface area contributed by atoms with Gasteiger partial charge in [-0.1, -0.05) is 48.5 Å². The molecule has 0 bridgehead atoms. The molecule has 0 saturated carbocycles. The van der Waals surface area contributed by atoms with Gasteiger partial charge in [-0.25, -0.2) is 9.97 Å². The fourth-order valence-corrected chi connectivity index (χ4v) is 2.78. The van der Waals surface area contributed by atoms with E-state index >= 15 is 0 Å². The number of carbonyl (C=O) groups excluding carboxylic acids is 1. The second-order valence-electron chi connectivity index (χ2n) is 6.33. The average Bonchev–Trinajstić information content (AvgIpc) is 2.65. The molecule has 5 nitrogen and oxygen atoms in total. The summed E-state index contributed by atoms with van der Waals surface area (Å²) in [6, 6.07) is 16.0. The normalized spacial score (nSPS) is 10.4. The molecule has 0 aliphatic heterocycles. The van der Waals surface area contributed by atoms with Crippen LogP contribution in [0.4, 0.5) is 11.6 Å². The quantitative estimate of drug-likeness (QED) is 0.755. The Morgan fingerprint density at radius 1 is 0.962 bits per heavy atom. The molecule has 1 aromatic heterocycles. The maximum Gasteiger partial charge on any atom is 0.257 e. The number of anilines is 2. The van der Waals surface area contributed by atoms with Crippen LogP contribution < -0.4 is 5.32 Å². The van der Waals surface area contributed by atoms with E-state index in [2.05, 4.69) is 15.3 Å². The minimum Gasteiger partial charge on any atom is -0.337 e. The molecule has 0 aliphatic carbocycles. The summed E-state index contributed by atoms with van der Waals surface area (Å²) in [5.74, 6) is 0.372. The van der Waals surface area contributed by atoms with Crippen LogP contribution in [0.15, 0.2) is 60.9 Å². The van der Waals surface area contributed by atoms with Gasteiger partial charge >= 0.3 is 0 Å². The molecule has 132 valence electrons. The van der Waals surface area contributed by atoms with E-state index in [-0.39, 0.29) is 5.91 Å². The third-order valence-electron chi connectivity index (χ3n) is 4.23. The molecule has 1 heterocycles. The van der Waals surface area contributed by atoms with Gasteiger partial charge in [-0.2, -0.15) is 0 Å². The number of carbonyl (C=O) groups is 1. The van der Waals surface area contributed by atoms with E-state index in [9.17, 15) is 4.79 Å². The Hall–Kier alpha value is -3.21. The maximum atomic E-state index is 12.6. The number of hydrogen-bond acceptors (Lipinski definition) is 4. The Labute approximate surface area is 153 Å². The van der Waals surface area contributed by atoms with Crippen molar-refractivity contribution in [2.24, 2.45) is 0 Å². The van der Waals surface area contributed by atoms with E-state index in [4.69, 9.17) is 0 Å². The van der Waals surface area contributed by atoms with E-state index in [1.807, 2.05) is 62.4 Å². The van der Waals surface area contributed by atoms with Gasteiger partial charge in [0, 0.05) is 31.7 Å². The average molecular weight is 346 g/mol. The van der Waals surface area contributed by atoms with Gasteiger partial charge in [0.05, 0.1) is 5.56 Å². The van der Waals surface area contributed by atoms with Crippen LogP contribution in [-0.4, -0.2) is 27.8 Å². The number of nitrogens with zero attached hydrogens (tertiary/aromatic N) is 3. The number of rotatable bonds is 5. The fourth-order valence-electron chi connectivity index (χ4n) is 2.78. The standard InChI is InChI=1S/C21H22N4O/c1-15-8-7-9-16(2)19(15)24-21-22-12-18(13-23-21)20(26)25(3)14-17-10-5-4-6-11-17/h4-13H,14H2,1-3H3,(H,22,23,24). The first-order valence-electron chi connectivity index (χ1n) is 8.49. The molecule has 26 heavy (non-hydrogen) atoms. The summed E-state index contributed by atoms with van der Waals surface area (Å²) in [6.45, 7) is 4.61. The molecule has 3 aromatic rings. The Morgan fingerprint density at radius 2 is 1.58 bits per heavy atom. The molecule has 2 aromatic carbocycles. The highest BCUT2D eigenvalue weighted by atomic mass is 16.2. The summed E-state index contributed by atoms with van der Waals surface area (Å²) < 4.78 is 0. The Balaban J connectivity index is 1.70. The summed E-state index contributed by atoms with van der Waals surface area (Å²) >= 11 is 0. The lowest BCUT2D eigenvalue weighted by atomic mass is 10.1. The smallest absolute Gasteiger partial charge is 0.257 e. The van der Waals surface area contributed by atoms with Crippen molar-refractivity contribution in [3.05, 3.63) is 83.2 Å². The van der Waals surface area contributed by atoms with Crippen LogP contribution in [-0.2, 0) is 6.54 Å². The van der Waals surface area contributed by atoms with Crippen molar-refractivity contribution in [3.63, 3.8) is 0 Å². The van der Waals surface area contributed by atoms with E-state index in [0.717, 1.165) is 22.4 Å². The number of nitrogens with one attached hydrogen (secondary N) is 1. The number of aromatic nitrogens is 2. The van der Waals surface area contributed by atoms with Gasteiger partial charge < -0.3 is 10.2 Å². The second-order valence-corrected chi connectivity index (χ2v) is 6.33. The van der Waals surface area contributed by atoms with Crippen molar-refractivity contribution in [2.75, 3.05) is 12.4 Å². The van der Waals surface area contributed by atoms with Crippen molar-refractivity contribution in [2.45, 2.75) is 20.4 Å². The van der Waals surface area contributed by atoms with Crippen LogP contribution in [0.25, 0.3) is 0 Å². The molecular weight excluding hydrogens is 324 g/mol. The molecule has 1 amide bonds. The van der Waals surface area contributed by atoms with Crippen LogP contribution in [0.2, 0.25) is 0 Å². The summed E-state index contributed by atoms with van der Waals surface area (Å²) in [5, 5.41) is 3.23. The van der Waals surface area contributed by atoms with Crippen LogP contribution in [0.5, 0.6) is 0 Å². The Bertz CT molecular complexity index is 871. The molecule has 0 fully saturated rings. The van der Waals surface area contributed by atoms with Gasteiger partial charge in [0.1, 0.15) is 0 Å². The molecule has 0 aliphatic rings. The van der Waals surface area contributed by atoms with Crippen LogP contribution in [0.3, 0.4) is 0 Å². The van der Waals surface area contributed by atoms with Gasteiger partial charge in [-0.3, -0.25) is 4.79 Å². The maximum absolute atomic E-state index is 12.6. The first-order valence-corrected chi connectivity index (χ1v) is 8.49. The molecule has 5 heteroatoms. The van der Waals surface area contributed by atoms with Gasteiger partial charge in [0.25, 0.3) is 5.91 Å². The van der Waals surface area contributed by atoms with Crippen molar-refractivity contribution in [1.29, 1.82) is 0 Å². The first kappa shape index (κ1) is 17.6. The molecule has 1 N–H and O–H groups in total. The first-order chi connectivity index (χ1) is 12.5. The van der Waals surface area contributed by atoms with Gasteiger partial charge in [0.2, 0.25) is 5.95 Å². The van der Waals surface area contributed by atoms with Crippen LogP contribution >= 0.6 is 0 Å². The Kier molecular flexibility index (Phi) is 5.27. The summed E-state index contributed by atoms with van der Waals surface area (Å²) in [6.07, 6.45) is 3.12. The summed E-state index contributed by atoms with van der Waals surface area (Å²) in [4.78, 5) is 22.8. The van der Waals surface area contributed by atoms with Gasteiger partial charge in [-0.15, -0.1) is 0 Å². The predicted molar refractivity (Wildman–Crippen MR) is 103 cm³/mol. The van der Waals surface area contributed by atoms with Crippen molar-refractivity contribution in [3.8, 4) is 0 Å². The zero-order chi connectivity index (χ0) is 18.5. The molecular formula is C21H22N4O. The third kappa shape index (κ3) is 4.06. The molecule has 0 spiro atoms. The SMILES string of the molecule is Cc1cccc(C)c1Nc1ncc(C(=O)N(C)Cc2ccccc2)cn1. The number of hydrogen-bond donors (Lipinski definition) is 1.